The zero-order valence-corrected chi connectivity index (χ0v) is 51.9. The van der Waals surface area contributed by atoms with E-state index in [-0.39, 0.29) is 73.8 Å². The first-order valence-electron chi connectivity index (χ1n) is 20.9. The molecule has 0 unspecified atom stereocenters. The fourth-order valence-electron chi connectivity index (χ4n) is 7.98. The Kier molecular flexibility index (Phi) is 39.7. The monoisotopic (exact) mass is 1130 g/mol. The molecule has 0 N–H and O–H groups in total. The molecular formula is C46H86Mo2N12P4. The van der Waals surface area contributed by atoms with Crippen molar-refractivity contribution in [3.63, 3.8) is 0 Å². The maximum absolute atomic E-state index is 6.00. The van der Waals surface area contributed by atoms with Gasteiger partial charge in [-0.1, -0.05) is 210 Å². The normalized spacial score (nSPS) is 11.8. The molecule has 0 amide bonds. The minimum Gasteiger partial charge on any atom is -0.257 e. The van der Waals surface area contributed by atoms with Crippen molar-refractivity contribution in [3.05, 3.63) is 59.2 Å². The molecule has 2 aromatic heterocycles. The summed E-state index contributed by atoms with van der Waals surface area (Å²) in [4.78, 5) is 10.3. The molecule has 0 saturated carbocycles. The summed E-state index contributed by atoms with van der Waals surface area (Å²) in [6, 6.07) is 13.4. The van der Waals surface area contributed by atoms with Gasteiger partial charge in [0.1, 0.15) is 0 Å². The summed E-state index contributed by atoms with van der Waals surface area (Å²) in [5.74, 6) is 0. The van der Waals surface area contributed by atoms with Crippen LogP contribution in [0.4, 0.5) is 0 Å². The fourth-order valence-corrected chi connectivity index (χ4v) is 21.8. The third-order valence-electron chi connectivity index (χ3n) is 9.49. The van der Waals surface area contributed by atoms with E-state index >= 15 is 0 Å². The van der Waals surface area contributed by atoms with Crippen LogP contribution in [0, 0.1) is 53.9 Å². The van der Waals surface area contributed by atoms with Crippen molar-refractivity contribution in [2.75, 3.05) is 0 Å². The molecule has 0 radical (unpaired) electrons. The molecule has 12 nitrogen and oxygen atoms in total. The molecule has 0 fully saturated rings. The molecule has 0 aromatic carbocycles. The van der Waals surface area contributed by atoms with Gasteiger partial charge < -0.3 is 0 Å². The summed E-state index contributed by atoms with van der Waals surface area (Å²) >= 11 is 0. The number of aromatic nitrogens is 2. The van der Waals surface area contributed by atoms with E-state index in [2.05, 4.69) is 203 Å². The van der Waals surface area contributed by atoms with Crippen molar-refractivity contribution < 1.29 is 42.1 Å². The molecule has 0 saturated heterocycles. The maximum Gasteiger partial charge on any atom is 0.0450 e. The van der Waals surface area contributed by atoms with E-state index in [1.54, 1.807) is 0 Å². The zero-order valence-electron chi connectivity index (χ0n) is 44.3. The molecule has 2 heterocycles. The minimum absolute atomic E-state index is 0. The smallest absolute Gasteiger partial charge is 0.0450 e. The van der Waals surface area contributed by atoms with E-state index in [1.807, 2.05) is 0 Å². The van der Waals surface area contributed by atoms with E-state index in [0.29, 0.717) is 41.2 Å². The van der Waals surface area contributed by atoms with Crippen LogP contribution in [0.1, 0.15) is 189 Å². The molecule has 362 valence electrons. The van der Waals surface area contributed by atoms with Crippen molar-refractivity contribution >= 4 is 31.7 Å². The average Bonchev–Trinajstić information content (AvgIpc) is 3.12. The second-order valence-corrected chi connectivity index (χ2v) is 38.4. The van der Waals surface area contributed by atoms with Crippen LogP contribution in [-0.2, 0) is 66.8 Å². The number of nitrogens with zero attached hydrogens (tertiary/aromatic N) is 12. The molecule has 0 aliphatic rings. The second kappa shape index (κ2) is 33.1. The van der Waals surface area contributed by atoms with Gasteiger partial charge in [0.25, 0.3) is 0 Å². The molecule has 18 heteroatoms. The summed E-state index contributed by atoms with van der Waals surface area (Å²) in [6.45, 7) is 57.5. The predicted octanol–water partition coefficient (Wildman–Crippen LogP) is 16.6. The Morgan fingerprint density at radius 2 is 0.391 bits per heavy atom. The first-order valence-corrected chi connectivity index (χ1v) is 27.0. The number of pyridine rings is 2. The van der Waals surface area contributed by atoms with Crippen molar-refractivity contribution in [2.45, 2.75) is 232 Å². The summed E-state index contributed by atoms with van der Waals surface area (Å²) in [5, 5.41) is 62.7. The van der Waals surface area contributed by atoms with Gasteiger partial charge in [-0.15, -0.1) is 0 Å². The van der Waals surface area contributed by atoms with E-state index in [0.717, 1.165) is 24.6 Å². The van der Waals surface area contributed by atoms with Crippen LogP contribution in [0.15, 0.2) is 36.4 Å². The zero-order chi connectivity index (χ0) is 51.1. The molecule has 2 aromatic rings. The summed E-state index contributed by atoms with van der Waals surface area (Å²) in [7, 11) is -0.616. The van der Waals surface area contributed by atoms with Crippen LogP contribution in [-0.4, -0.2) is 51.2 Å². The quantitative estimate of drug-likeness (QED) is 0.136. The Hall–Kier alpha value is -1.50. The van der Waals surface area contributed by atoms with Crippen molar-refractivity contribution in [3.8, 4) is 0 Å². The molecule has 0 atom stereocenters. The van der Waals surface area contributed by atoms with Crippen LogP contribution in [0.3, 0.4) is 0 Å². The summed E-state index contributed by atoms with van der Waals surface area (Å²) in [5.41, 5.74) is 5.15. The number of hydrogen-bond acceptors (Lipinski definition) is 12. The van der Waals surface area contributed by atoms with Gasteiger partial charge in [0.05, 0.1) is 0 Å². The van der Waals surface area contributed by atoms with E-state index in [9.17, 15) is 0 Å². The molecule has 0 spiro atoms. The first-order chi connectivity index (χ1) is 27.8. The fraction of sp³-hybridized carbons (Fsp3) is 0.783. The van der Waals surface area contributed by atoms with Crippen molar-refractivity contribution in [2.24, 2.45) is 0 Å². The summed E-state index contributed by atoms with van der Waals surface area (Å²) in [6.07, 6.45) is 4.50. The van der Waals surface area contributed by atoms with Crippen LogP contribution < -0.4 is 0 Å². The Labute approximate surface area is 426 Å². The van der Waals surface area contributed by atoms with E-state index in [4.69, 9.17) is 63.9 Å². The Balaban J connectivity index is -0.000000165. The Morgan fingerprint density at radius 3 is 0.484 bits per heavy atom. The van der Waals surface area contributed by atoms with Crippen LogP contribution in [0.2, 0.25) is 0 Å². The number of rotatable bonds is 8. The SMILES string of the molecule is CC(C)(C)P(Cc1cccc(CP(C(C)(C)C)C(C)(C)C)n1)C(C)(C)C.CC(C)(C)P(Cc1cccc(CP(C(C)(C)C)C(C)(C)C)n1)C(C)(C)C.N#N.N#N.N#N.N#N.N#N.[Mo].[Mo]. The van der Waals surface area contributed by atoms with Crippen LogP contribution in [0.5, 0.6) is 0 Å². The van der Waals surface area contributed by atoms with Gasteiger partial charge in [0.15, 0.2) is 0 Å². The minimum atomic E-state index is -0.154. The average molecular weight is 1120 g/mol. The molecule has 0 bridgehead atoms. The number of hydrogen-bond donors (Lipinski definition) is 0. The second-order valence-electron chi connectivity index (χ2n) is 23.0. The van der Waals surface area contributed by atoms with Gasteiger partial charge in [-0.2, -0.15) is 0 Å². The van der Waals surface area contributed by atoms with Gasteiger partial charge in [-0.05, 0) is 65.5 Å². The largest absolute Gasteiger partial charge is 0.257 e. The van der Waals surface area contributed by atoms with Gasteiger partial charge >= 0.3 is 0 Å². The van der Waals surface area contributed by atoms with Crippen molar-refractivity contribution in [1.29, 1.82) is 53.9 Å². The molecule has 2 rings (SSSR count). The topological polar surface area (TPSA) is 264 Å². The van der Waals surface area contributed by atoms with Gasteiger partial charge in [0.2, 0.25) is 0 Å². The Bertz CT molecular complexity index is 1350. The molecule has 64 heavy (non-hydrogen) atoms. The van der Waals surface area contributed by atoms with E-state index < -0.39 is 0 Å². The van der Waals surface area contributed by atoms with E-state index in [1.165, 1.54) is 22.8 Å². The van der Waals surface area contributed by atoms with Gasteiger partial charge in [-0.3, -0.25) is 9.97 Å². The predicted molar refractivity (Wildman–Crippen MR) is 266 cm³/mol. The third-order valence-corrected chi connectivity index (χ3v) is 25.0. The Morgan fingerprint density at radius 1 is 0.281 bits per heavy atom. The van der Waals surface area contributed by atoms with Crippen molar-refractivity contribution in [1.82, 2.24) is 9.97 Å². The molecule has 0 aliphatic heterocycles. The molecular weight excluding hydrogens is 1040 g/mol. The first kappa shape index (κ1) is 76.7. The van der Waals surface area contributed by atoms with Gasteiger partial charge in [0, 0.05) is 143 Å². The van der Waals surface area contributed by atoms with Gasteiger partial charge in [-0.25, -0.2) is 0 Å². The van der Waals surface area contributed by atoms with Crippen LogP contribution in [0.25, 0.3) is 0 Å². The third kappa shape index (κ3) is 31.5. The standard InChI is InChI=1S/2C23H43NP2.2Mo.5N2/c2*1-20(2,3)25(21(4,5)6)16-18-14-13-15-19(24-18)17-26(22(7,8)9)23(10,11)12;;;5*1-2/h2*13-15H,16-17H2,1-12H3;;;;;;;. The van der Waals surface area contributed by atoms with Crippen LogP contribution >= 0.6 is 31.7 Å². The maximum atomic E-state index is 6.00. The summed E-state index contributed by atoms with van der Waals surface area (Å²) < 4.78 is 0. The molecule has 0 aliphatic carbocycles.